The van der Waals surface area contributed by atoms with Gasteiger partial charge in [-0.3, -0.25) is 14.2 Å². The molecule has 0 aliphatic carbocycles. The van der Waals surface area contributed by atoms with Crippen molar-refractivity contribution in [3.05, 3.63) is 57.5 Å². The maximum absolute atomic E-state index is 12.2. The van der Waals surface area contributed by atoms with Gasteiger partial charge in [-0.05, 0) is 19.9 Å². The molecule has 0 amide bonds. The number of aromatic nitrogens is 2. The van der Waals surface area contributed by atoms with Crippen LogP contribution < -0.4 is 10.3 Å². The first-order chi connectivity index (χ1) is 9.51. The molecule has 0 N–H and O–H groups in total. The van der Waals surface area contributed by atoms with E-state index in [0.717, 1.165) is 5.56 Å². The minimum absolute atomic E-state index is 0.0846. The number of carbonyl (C=O) groups is 1. The van der Waals surface area contributed by atoms with Crippen LogP contribution in [0, 0.1) is 13.8 Å². The maximum Gasteiger partial charge on any atom is 0.299 e. The summed E-state index contributed by atoms with van der Waals surface area (Å²) in [6.45, 7) is 3.53. The first-order valence-corrected chi connectivity index (χ1v) is 6.23. The number of nitrogens with zero attached hydrogens (tertiary/aromatic N) is 2. The SMILES string of the molecule is COc1nc(C)cc(=O)n1CC(=O)c1cccc(C)c1. The second-order valence-electron chi connectivity index (χ2n) is 4.60. The highest BCUT2D eigenvalue weighted by Gasteiger charge is 2.13. The minimum atomic E-state index is -0.296. The molecule has 0 unspecified atom stereocenters. The molecule has 0 aliphatic heterocycles. The van der Waals surface area contributed by atoms with Crippen LogP contribution in [0.5, 0.6) is 6.01 Å². The van der Waals surface area contributed by atoms with Crippen LogP contribution in [0.2, 0.25) is 0 Å². The van der Waals surface area contributed by atoms with Crippen molar-refractivity contribution in [3.63, 3.8) is 0 Å². The molecule has 0 bridgehead atoms. The molecule has 2 rings (SSSR count). The molecule has 0 aliphatic rings. The van der Waals surface area contributed by atoms with E-state index in [1.807, 2.05) is 19.1 Å². The number of ether oxygens (including phenoxy) is 1. The van der Waals surface area contributed by atoms with E-state index in [4.69, 9.17) is 4.74 Å². The third-order valence-corrected chi connectivity index (χ3v) is 2.93. The van der Waals surface area contributed by atoms with Crippen LogP contribution in [0.15, 0.2) is 35.1 Å². The van der Waals surface area contributed by atoms with E-state index in [1.165, 1.54) is 17.7 Å². The van der Waals surface area contributed by atoms with Gasteiger partial charge in [-0.15, -0.1) is 0 Å². The van der Waals surface area contributed by atoms with E-state index < -0.39 is 0 Å². The Hall–Kier alpha value is -2.43. The molecule has 0 fully saturated rings. The topological polar surface area (TPSA) is 61.2 Å². The molecular formula is C15H16N2O3. The monoisotopic (exact) mass is 272 g/mol. The third kappa shape index (κ3) is 2.93. The number of ketones is 1. The Bertz CT molecular complexity index is 705. The summed E-state index contributed by atoms with van der Waals surface area (Å²) in [7, 11) is 1.43. The summed E-state index contributed by atoms with van der Waals surface area (Å²) in [6.07, 6.45) is 0. The van der Waals surface area contributed by atoms with Crippen LogP contribution in [-0.2, 0) is 6.54 Å². The summed E-state index contributed by atoms with van der Waals surface area (Å²) in [5.41, 5.74) is 1.83. The Morgan fingerprint density at radius 3 is 2.70 bits per heavy atom. The minimum Gasteiger partial charge on any atom is -0.468 e. The van der Waals surface area contributed by atoms with Gasteiger partial charge in [-0.25, -0.2) is 4.98 Å². The van der Waals surface area contributed by atoms with Gasteiger partial charge in [-0.1, -0.05) is 23.8 Å². The summed E-state index contributed by atoms with van der Waals surface area (Å²) < 4.78 is 6.30. The third-order valence-electron chi connectivity index (χ3n) is 2.93. The van der Waals surface area contributed by atoms with Crippen molar-refractivity contribution in [1.82, 2.24) is 9.55 Å². The van der Waals surface area contributed by atoms with Crippen molar-refractivity contribution in [2.45, 2.75) is 20.4 Å². The molecule has 2 aromatic rings. The lowest BCUT2D eigenvalue weighted by molar-refractivity contribution is 0.0965. The molecule has 1 aromatic heterocycles. The van der Waals surface area contributed by atoms with E-state index in [1.54, 1.807) is 19.1 Å². The molecule has 0 radical (unpaired) electrons. The molecule has 1 aromatic carbocycles. The van der Waals surface area contributed by atoms with Crippen LogP contribution in [0.4, 0.5) is 0 Å². The Balaban J connectivity index is 2.35. The van der Waals surface area contributed by atoms with E-state index >= 15 is 0 Å². The van der Waals surface area contributed by atoms with Crippen LogP contribution in [0.25, 0.3) is 0 Å². The molecule has 1 heterocycles. The average molecular weight is 272 g/mol. The number of carbonyl (C=O) groups excluding carboxylic acids is 1. The predicted molar refractivity (Wildman–Crippen MR) is 75.3 cm³/mol. The Labute approximate surface area is 116 Å². The van der Waals surface area contributed by atoms with Gasteiger partial charge >= 0.3 is 0 Å². The van der Waals surface area contributed by atoms with Gasteiger partial charge in [0, 0.05) is 17.3 Å². The molecule has 104 valence electrons. The molecule has 0 atom stereocenters. The lowest BCUT2D eigenvalue weighted by atomic mass is 10.1. The molecule has 0 saturated heterocycles. The highest BCUT2D eigenvalue weighted by atomic mass is 16.5. The van der Waals surface area contributed by atoms with Crippen molar-refractivity contribution in [2.75, 3.05) is 7.11 Å². The zero-order valence-corrected chi connectivity index (χ0v) is 11.7. The largest absolute Gasteiger partial charge is 0.468 e. The number of benzene rings is 1. The summed E-state index contributed by atoms with van der Waals surface area (Å²) >= 11 is 0. The molecule has 0 spiro atoms. The number of aryl methyl sites for hydroxylation is 2. The molecular weight excluding hydrogens is 256 g/mol. The zero-order valence-electron chi connectivity index (χ0n) is 11.7. The van der Waals surface area contributed by atoms with Gasteiger partial charge in [0.1, 0.15) is 0 Å². The van der Waals surface area contributed by atoms with Gasteiger partial charge in [0.15, 0.2) is 5.78 Å². The van der Waals surface area contributed by atoms with Crippen molar-refractivity contribution in [2.24, 2.45) is 0 Å². The normalized spacial score (nSPS) is 10.3. The zero-order chi connectivity index (χ0) is 14.7. The van der Waals surface area contributed by atoms with Gasteiger partial charge in [0.25, 0.3) is 11.6 Å². The molecule has 5 nitrogen and oxygen atoms in total. The predicted octanol–water partition coefficient (Wildman–Crippen LogP) is 1.75. The second-order valence-corrected chi connectivity index (χ2v) is 4.60. The lowest BCUT2D eigenvalue weighted by Gasteiger charge is -2.10. The quantitative estimate of drug-likeness (QED) is 0.796. The number of rotatable bonds is 4. The summed E-state index contributed by atoms with van der Waals surface area (Å²) in [5, 5.41) is 0. The Morgan fingerprint density at radius 2 is 2.05 bits per heavy atom. The number of methoxy groups -OCH3 is 1. The first kappa shape index (κ1) is 14.0. The first-order valence-electron chi connectivity index (χ1n) is 6.23. The van der Waals surface area contributed by atoms with Gasteiger partial charge in [0.05, 0.1) is 13.7 Å². The van der Waals surface area contributed by atoms with Crippen LogP contribution >= 0.6 is 0 Å². The fourth-order valence-corrected chi connectivity index (χ4v) is 1.95. The Kier molecular flexibility index (Phi) is 3.98. The standard InChI is InChI=1S/C15H16N2O3/c1-10-5-4-6-12(7-10)13(18)9-17-14(19)8-11(2)16-15(17)20-3/h4-8H,9H2,1-3H3. The fourth-order valence-electron chi connectivity index (χ4n) is 1.95. The summed E-state index contributed by atoms with van der Waals surface area (Å²) in [6, 6.07) is 8.78. The summed E-state index contributed by atoms with van der Waals surface area (Å²) in [4.78, 5) is 28.3. The van der Waals surface area contributed by atoms with Crippen molar-refractivity contribution in [3.8, 4) is 6.01 Å². The molecule has 20 heavy (non-hydrogen) atoms. The molecule has 0 saturated carbocycles. The smallest absolute Gasteiger partial charge is 0.299 e. The van der Waals surface area contributed by atoms with Gasteiger partial charge in [-0.2, -0.15) is 0 Å². The van der Waals surface area contributed by atoms with E-state index in [0.29, 0.717) is 11.3 Å². The van der Waals surface area contributed by atoms with E-state index in [-0.39, 0.29) is 23.9 Å². The second kappa shape index (κ2) is 5.69. The summed E-state index contributed by atoms with van der Waals surface area (Å²) in [5.74, 6) is -0.153. The number of Topliss-reactive ketones (excluding diaryl/α,β-unsaturated/α-hetero) is 1. The van der Waals surface area contributed by atoms with Crippen LogP contribution in [-0.4, -0.2) is 22.4 Å². The average Bonchev–Trinajstić information content (AvgIpc) is 2.41. The highest BCUT2D eigenvalue weighted by Crippen LogP contribution is 2.09. The van der Waals surface area contributed by atoms with Crippen molar-refractivity contribution in [1.29, 1.82) is 0 Å². The van der Waals surface area contributed by atoms with Crippen LogP contribution in [0.1, 0.15) is 21.6 Å². The number of hydrogen-bond acceptors (Lipinski definition) is 4. The van der Waals surface area contributed by atoms with E-state index in [2.05, 4.69) is 4.98 Å². The van der Waals surface area contributed by atoms with Crippen LogP contribution in [0.3, 0.4) is 0 Å². The van der Waals surface area contributed by atoms with Crippen molar-refractivity contribution >= 4 is 5.78 Å². The van der Waals surface area contributed by atoms with Gasteiger partial charge in [0.2, 0.25) is 0 Å². The number of hydrogen-bond donors (Lipinski definition) is 0. The van der Waals surface area contributed by atoms with E-state index in [9.17, 15) is 9.59 Å². The molecule has 5 heteroatoms. The van der Waals surface area contributed by atoms with Crippen molar-refractivity contribution < 1.29 is 9.53 Å². The fraction of sp³-hybridized carbons (Fsp3) is 0.267. The highest BCUT2D eigenvalue weighted by molar-refractivity contribution is 5.96. The Morgan fingerprint density at radius 1 is 1.30 bits per heavy atom. The van der Waals surface area contributed by atoms with Gasteiger partial charge < -0.3 is 4.74 Å². The lowest BCUT2D eigenvalue weighted by Crippen LogP contribution is -2.26. The maximum atomic E-state index is 12.2.